The molecule has 2 fully saturated rings. The number of nitrogens with zero attached hydrogens (tertiary/aromatic N) is 1. The van der Waals surface area contributed by atoms with Gasteiger partial charge in [0.05, 0.1) is 6.10 Å². The molecule has 6 nitrogen and oxygen atoms in total. The third-order valence-corrected chi connectivity index (χ3v) is 12.0. The number of hydrazine groups is 1. The molecule has 7 heteroatoms. The van der Waals surface area contributed by atoms with Crippen LogP contribution < -0.4 is 21.2 Å². The highest BCUT2D eigenvalue weighted by Gasteiger charge is 2.54. The van der Waals surface area contributed by atoms with Crippen LogP contribution in [0.2, 0.25) is 5.04 Å². The lowest BCUT2D eigenvalue weighted by Gasteiger charge is -2.47. The van der Waals surface area contributed by atoms with Gasteiger partial charge < -0.3 is 9.53 Å². The number of amides is 1. The van der Waals surface area contributed by atoms with Gasteiger partial charge in [0.25, 0.3) is 8.32 Å². The van der Waals surface area contributed by atoms with Crippen LogP contribution in [-0.4, -0.2) is 55.7 Å². The fraction of sp³-hybridized carbons (Fsp3) is 0.480. The SMILES string of the molecule is CC(C)(C)[Si](OC1CC(NNC(=O)O)CC1N1CCC1)(c1ccccc1)c1ccccc1. The number of hydrogen-bond acceptors (Lipinski definition) is 4. The minimum Gasteiger partial charge on any atom is -0.464 e. The summed E-state index contributed by atoms with van der Waals surface area (Å²) in [5.41, 5.74) is 5.37. The first kappa shape index (κ1) is 23.0. The van der Waals surface area contributed by atoms with E-state index in [0.29, 0.717) is 6.04 Å². The molecule has 3 atom stereocenters. The summed E-state index contributed by atoms with van der Waals surface area (Å²) in [6.45, 7) is 9.08. The summed E-state index contributed by atoms with van der Waals surface area (Å²) in [4.78, 5) is 13.5. The Hall–Kier alpha value is -2.19. The molecule has 1 aliphatic heterocycles. The Balaban J connectivity index is 1.73. The zero-order chi connectivity index (χ0) is 22.8. The smallest absolute Gasteiger partial charge is 0.419 e. The van der Waals surface area contributed by atoms with Gasteiger partial charge in [-0.15, -0.1) is 0 Å². The van der Waals surface area contributed by atoms with E-state index in [1.165, 1.54) is 16.8 Å². The van der Waals surface area contributed by atoms with E-state index in [2.05, 4.69) is 97.2 Å². The van der Waals surface area contributed by atoms with Crippen LogP contribution in [0.4, 0.5) is 4.79 Å². The predicted molar refractivity (Wildman–Crippen MR) is 130 cm³/mol. The molecule has 1 aliphatic carbocycles. The molecule has 0 aromatic heterocycles. The molecule has 0 spiro atoms. The third kappa shape index (κ3) is 4.48. The number of rotatable bonds is 7. The van der Waals surface area contributed by atoms with Crippen LogP contribution in [0.1, 0.15) is 40.0 Å². The van der Waals surface area contributed by atoms with E-state index in [1.54, 1.807) is 0 Å². The summed E-state index contributed by atoms with van der Waals surface area (Å²) >= 11 is 0. The van der Waals surface area contributed by atoms with Gasteiger partial charge in [0, 0.05) is 12.1 Å². The van der Waals surface area contributed by atoms with E-state index in [-0.39, 0.29) is 17.2 Å². The average molecular weight is 454 g/mol. The second-order valence-electron chi connectivity index (χ2n) is 10.0. The summed E-state index contributed by atoms with van der Waals surface area (Å²) in [7, 11) is -2.66. The third-order valence-electron chi connectivity index (χ3n) is 6.96. The maximum atomic E-state index is 11.0. The molecule has 1 saturated heterocycles. The normalized spacial score (nSPS) is 24.2. The Labute approximate surface area is 192 Å². The van der Waals surface area contributed by atoms with E-state index >= 15 is 0 Å². The molecule has 1 heterocycles. The molecule has 2 aromatic rings. The van der Waals surface area contributed by atoms with Crippen molar-refractivity contribution in [1.29, 1.82) is 0 Å². The van der Waals surface area contributed by atoms with Crippen LogP contribution in [-0.2, 0) is 4.43 Å². The quantitative estimate of drug-likeness (QED) is 0.444. The van der Waals surface area contributed by atoms with E-state index in [0.717, 1.165) is 25.9 Å². The van der Waals surface area contributed by atoms with Gasteiger partial charge in [-0.2, -0.15) is 0 Å². The Morgan fingerprint density at radius 3 is 2.00 bits per heavy atom. The van der Waals surface area contributed by atoms with Crippen LogP contribution in [0.5, 0.6) is 0 Å². The lowest BCUT2D eigenvalue weighted by Crippen LogP contribution is -2.69. The van der Waals surface area contributed by atoms with Gasteiger partial charge in [0.2, 0.25) is 0 Å². The number of hydrogen-bond donors (Lipinski definition) is 3. The van der Waals surface area contributed by atoms with Gasteiger partial charge in [-0.3, -0.25) is 10.3 Å². The van der Waals surface area contributed by atoms with Gasteiger partial charge >= 0.3 is 6.09 Å². The molecule has 0 radical (unpaired) electrons. The van der Waals surface area contributed by atoms with Gasteiger partial charge in [-0.1, -0.05) is 81.4 Å². The Kier molecular flexibility index (Phi) is 6.72. The van der Waals surface area contributed by atoms with Crippen molar-refractivity contribution in [3.63, 3.8) is 0 Å². The van der Waals surface area contributed by atoms with E-state index in [9.17, 15) is 4.79 Å². The molecule has 0 bridgehead atoms. The molecule has 32 heavy (non-hydrogen) atoms. The van der Waals surface area contributed by atoms with Crippen molar-refractivity contribution in [1.82, 2.24) is 15.8 Å². The molecule has 1 saturated carbocycles. The van der Waals surface area contributed by atoms with Crippen LogP contribution in [0.15, 0.2) is 60.7 Å². The summed E-state index contributed by atoms with van der Waals surface area (Å²) in [6, 6.07) is 21.8. The monoisotopic (exact) mass is 453 g/mol. The summed E-state index contributed by atoms with van der Waals surface area (Å²) in [6.07, 6.45) is 1.86. The molecule has 3 unspecified atom stereocenters. The number of carbonyl (C=O) groups is 1. The van der Waals surface area contributed by atoms with Crippen LogP contribution in [0.3, 0.4) is 0 Å². The molecule has 1 amide bonds. The van der Waals surface area contributed by atoms with Crippen molar-refractivity contribution in [2.75, 3.05) is 13.1 Å². The lowest BCUT2D eigenvalue weighted by molar-refractivity contribution is 0.0423. The van der Waals surface area contributed by atoms with E-state index < -0.39 is 14.4 Å². The molecule has 3 N–H and O–H groups in total. The van der Waals surface area contributed by atoms with Crippen LogP contribution in [0.25, 0.3) is 0 Å². The standard InChI is InChI=1S/C25H35N3O3Si/c1-25(2,3)32(20-11-6-4-7-12-20,21-13-8-5-9-14-21)31-23-18-19(26-27-24(29)30)17-22(23)28-15-10-16-28/h4-9,11-14,19,22-23,26-27H,10,15-18H2,1-3H3,(H,29,30). The minimum absolute atomic E-state index is 0.0368. The topological polar surface area (TPSA) is 73.8 Å². The van der Waals surface area contributed by atoms with Gasteiger partial charge in [0.1, 0.15) is 0 Å². The number of benzene rings is 2. The first-order valence-corrected chi connectivity index (χ1v) is 13.5. The minimum atomic E-state index is -2.66. The molecular weight excluding hydrogens is 418 g/mol. The van der Waals surface area contributed by atoms with Crippen molar-refractivity contribution >= 4 is 24.8 Å². The molecule has 2 aliphatic rings. The summed E-state index contributed by atoms with van der Waals surface area (Å²) < 4.78 is 7.42. The highest BCUT2D eigenvalue weighted by atomic mass is 28.4. The lowest BCUT2D eigenvalue weighted by atomic mass is 10.1. The fourth-order valence-electron chi connectivity index (χ4n) is 5.36. The maximum absolute atomic E-state index is 11.0. The highest BCUT2D eigenvalue weighted by Crippen LogP contribution is 2.41. The average Bonchev–Trinajstić information content (AvgIpc) is 3.11. The van der Waals surface area contributed by atoms with Crippen molar-refractivity contribution in [2.45, 2.75) is 63.3 Å². The first-order valence-electron chi connectivity index (χ1n) is 11.6. The molecule has 4 rings (SSSR count). The second kappa shape index (κ2) is 9.35. The van der Waals surface area contributed by atoms with Gasteiger partial charge in [-0.05, 0) is 47.8 Å². The summed E-state index contributed by atoms with van der Waals surface area (Å²) in [5, 5.41) is 11.5. The first-order chi connectivity index (χ1) is 15.3. The second-order valence-corrected chi connectivity index (χ2v) is 14.3. The number of likely N-dealkylation sites (tertiary alicyclic amines) is 1. The number of carboxylic acid groups (broad SMARTS) is 1. The van der Waals surface area contributed by atoms with Crippen molar-refractivity contribution in [3.8, 4) is 0 Å². The van der Waals surface area contributed by atoms with Gasteiger partial charge in [0.15, 0.2) is 0 Å². The predicted octanol–water partition coefficient (Wildman–Crippen LogP) is 2.94. The fourth-order valence-corrected chi connectivity index (χ4v) is 10.1. The van der Waals surface area contributed by atoms with Crippen molar-refractivity contribution < 1.29 is 14.3 Å². The number of nitrogens with one attached hydrogen (secondary N) is 2. The van der Waals surface area contributed by atoms with E-state index in [4.69, 9.17) is 9.53 Å². The molecular formula is C25H35N3O3Si. The van der Waals surface area contributed by atoms with Crippen molar-refractivity contribution in [3.05, 3.63) is 60.7 Å². The Morgan fingerprint density at radius 1 is 1.00 bits per heavy atom. The van der Waals surface area contributed by atoms with Gasteiger partial charge in [-0.25, -0.2) is 10.2 Å². The maximum Gasteiger partial charge on any atom is 0.419 e. The van der Waals surface area contributed by atoms with E-state index in [1.807, 2.05) is 0 Å². The zero-order valence-corrected chi connectivity index (χ0v) is 20.3. The Bertz CT molecular complexity index is 860. The highest BCUT2D eigenvalue weighted by molar-refractivity contribution is 6.99. The summed E-state index contributed by atoms with van der Waals surface area (Å²) in [5.74, 6) is 0. The Morgan fingerprint density at radius 2 is 1.56 bits per heavy atom. The largest absolute Gasteiger partial charge is 0.464 e. The van der Waals surface area contributed by atoms with Crippen LogP contribution >= 0.6 is 0 Å². The van der Waals surface area contributed by atoms with Crippen LogP contribution in [0, 0.1) is 0 Å². The molecule has 2 aromatic carbocycles. The zero-order valence-electron chi connectivity index (χ0n) is 19.3. The van der Waals surface area contributed by atoms with Crippen molar-refractivity contribution in [2.24, 2.45) is 0 Å². The molecule has 172 valence electrons.